The Morgan fingerprint density at radius 3 is 1.93 bits per heavy atom. The summed E-state index contributed by atoms with van der Waals surface area (Å²) < 4.78 is 27.2. The van der Waals surface area contributed by atoms with Crippen LogP contribution in [-0.4, -0.2) is 14.7 Å². The number of aryl methyl sites for hydroxylation is 2. The summed E-state index contributed by atoms with van der Waals surface area (Å²) in [6.45, 7) is 4.11. The van der Waals surface area contributed by atoms with Crippen molar-refractivity contribution in [2.45, 2.75) is 13.8 Å². The van der Waals surface area contributed by atoms with Gasteiger partial charge in [-0.1, -0.05) is 72.3 Å². The summed E-state index contributed by atoms with van der Waals surface area (Å²) in [7, 11) is -3.44. The van der Waals surface area contributed by atoms with Crippen LogP contribution in [0.15, 0.2) is 66.7 Å². The molecular weight excluding hydrogens is 354 g/mol. The maximum atomic E-state index is 12.2. The van der Waals surface area contributed by atoms with E-state index in [9.17, 15) is 8.42 Å². The minimum atomic E-state index is -3.44. The average molecular weight is 375 g/mol. The first-order valence-electron chi connectivity index (χ1n) is 8.84. The molecule has 0 unspecified atom stereocenters. The molecule has 4 aromatic rings. The smallest absolute Gasteiger partial charge is 0.229 e. The molecule has 0 amide bonds. The van der Waals surface area contributed by atoms with Gasteiger partial charge in [0, 0.05) is 10.9 Å². The number of nitrogens with one attached hydrogen (secondary N) is 1. The Kier molecular flexibility index (Phi) is 4.16. The molecule has 0 aliphatic rings. The first kappa shape index (κ1) is 17.6. The van der Waals surface area contributed by atoms with Crippen LogP contribution in [0.5, 0.6) is 0 Å². The monoisotopic (exact) mass is 375 g/mol. The summed E-state index contributed by atoms with van der Waals surface area (Å²) in [6, 6.07) is 22.4. The third kappa shape index (κ3) is 3.17. The Labute approximate surface area is 159 Å². The number of anilines is 1. The highest BCUT2D eigenvalue weighted by molar-refractivity contribution is 7.92. The van der Waals surface area contributed by atoms with Crippen LogP contribution in [0.4, 0.5) is 5.69 Å². The van der Waals surface area contributed by atoms with Gasteiger partial charge in [0.15, 0.2) is 0 Å². The lowest BCUT2D eigenvalue weighted by Crippen LogP contribution is -2.11. The molecule has 0 saturated carbocycles. The van der Waals surface area contributed by atoms with Crippen molar-refractivity contribution >= 4 is 37.3 Å². The third-order valence-electron chi connectivity index (χ3n) is 4.88. The fourth-order valence-electron chi connectivity index (χ4n) is 3.72. The molecule has 0 fully saturated rings. The van der Waals surface area contributed by atoms with Gasteiger partial charge in [-0.15, -0.1) is 0 Å². The van der Waals surface area contributed by atoms with Crippen molar-refractivity contribution in [2.24, 2.45) is 0 Å². The zero-order chi connectivity index (χ0) is 19.2. The van der Waals surface area contributed by atoms with Gasteiger partial charge in [-0.2, -0.15) is 0 Å². The van der Waals surface area contributed by atoms with Crippen molar-refractivity contribution in [1.29, 1.82) is 0 Å². The van der Waals surface area contributed by atoms with Gasteiger partial charge in [0.1, 0.15) is 0 Å². The van der Waals surface area contributed by atoms with Crippen molar-refractivity contribution < 1.29 is 8.42 Å². The molecule has 0 spiro atoms. The zero-order valence-corrected chi connectivity index (χ0v) is 16.4. The van der Waals surface area contributed by atoms with Crippen LogP contribution in [-0.2, 0) is 10.0 Å². The van der Waals surface area contributed by atoms with E-state index < -0.39 is 10.0 Å². The summed E-state index contributed by atoms with van der Waals surface area (Å²) >= 11 is 0. The van der Waals surface area contributed by atoms with Crippen LogP contribution in [0.25, 0.3) is 32.7 Å². The maximum Gasteiger partial charge on any atom is 0.229 e. The van der Waals surface area contributed by atoms with Crippen molar-refractivity contribution in [3.05, 3.63) is 77.9 Å². The van der Waals surface area contributed by atoms with Gasteiger partial charge in [-0.05, 0) is 41.1 Å². The van der Waals surface area contributed by atoms with E-state index in [-0.39, 0.29) is 0 Å². The summed E-state index contributed by atoms with van der Waals surface area (Å²) in [4.78, 5) is 0. The largest absolute Gasteiger partial charge is 0.282 e. The van der Waals surface area contributed by atoms with Crippen LogP contribution >= 0.6 is 0 Å². The maximum absolute atomic E-state index is 12.2. The fraction of sp³-hybridized carbons (Fsp3) is 0.130. The van der Waals surface area contributed by atoms with E-state index in [4.69, 9.17) is 0 Å². The number of fused-ring (bicyclic) bond motifs is 3. The van der Waals surface area contributed by atoms with E-state index in [0.29, 0.717) is 5.69 Å². The Morgan fingerprint density at radius 2 is 1.30 bits per heavy atom. The van der Waals surface area contributed by atoms with E-state index in [2.05, 4.69) is 48.9 Å². The van der Waals surface area contributed by atoms with Crippen LogP contribution in [0.2, 0.25) is 0 Å². The third-order valence-corrected chi connectivity index (χ3v) is 5.46. The van der Waals surface area contributed by atoms with E-state index in [0.717, 1.165) is 43.8 Å². The highest BCUT2D eigenvalue weighted by Gasteiger charge is 2.19. The van der Waals surface area contributed by atoms with Gasteiger partial charge in [-0.25, -0.2) is 8.42 Å². The predicted octanol–water partition coefficient (Wildman–Crippen LogP) is 5.65. The number of sulfonamides is 1. The van der Waals surface area contributed by atoms with Crippen LogP contribution in [0.1, 0.15) is 11.1 Å². The molecule has 27 heavy (non-hydrogen) atoms. The Hall–Kier alpha value is -2.85. The molecular formula is C23H21NO2S. The normalized spacial score (nSPS) is 11.8. The number of rotatable bonds is 3. The Morgan fingerprint density at radius 1 is 0.741 bits per heavy atom. The predicted molar refractivity (Wildman–Crippen MR) is 115 cm³/mol. The van der Waals surface area contributed by atoms with Gasteiger partial charge in [0.05, 0.1) is 11.9 Å². The van der Waals surface area contributed by atoms with Gasteiger partial charge in [-0.3, -0.25) is 4.72 Å². The number of hydrogen-bond acceptors (Lipinski definition) is 2. The molecule has 0 atom stereocenters. The molecule has 136 valence electrons. The standard InChI is InChI=1S/C23H21NO2S/c1-15-12-13-16(2)21(14-15)22-19-10-6-4-8-17(19)18-9-5-7-11-20(18)23(22)24-27(3,25)26/h4-14,24H,1-3H3. The molecule has 0 radical (unpaired) electrons. The summed E-state index contributed by atoms with van der Waals surface area (Å²) in [6.07, 6.45) is 1.20. The average Bonchev–Trinajstić information content (AvgIpc) is 2.63. The summed E-state index contributed by atoms with van der Waals surface area (Å²) in [5, 5.41) is 4.09. The highest BCUT2D eigenvalue weighted by Crippen LogP contribution is 2.43. The summed E-state index contributed by atoms with van der Waals surface area (Å²) in [5.41, 5.74) is 4.86. The molecule has 0 bridgehead atoms. The molecule has 4 aromatic carbocycles. The molecule has 0 heterocycles. The van der Waals surface area contributed by atoms with E-state index in [1.54, 1.807) is 0 Å². The second-order valence-electron chi connectivity index (χ2n) is 7.03. The minimum Gasteiger partial charge on any atom is -0.282 e. The second kappa shape index (κ2) is 6.39. The van der Waals surface area contributed by atoms with Gasteiger partial charge in [0.2, 0.25) is 10.0 Å². The van der Waals surface area contributed by atoms with E-state index >= 15 is 0 Å². The van der Waals surface area contributed by atoms with Gasteiger partial charge < -0.3 is 0 Å². The van der Waals surface area contributed by atoms with Gasteiger partial charge >= 0.3 is 0 Å². The van der Waals surface area contributed by atoms with Crippen molar-refractivity contribution in [3.63, 3.8) is 0 Å². The molecule has 0 aromatic heterocycles. The molecule has 0 aliphatic heterocycles. The molecule has 4 rings (SSSR count). The lowest BCUT2D eigenvalue weighted by molar-refractivity contribution is 0.607. The molecule has 3 nitrogen and oxygen atoms in total. The van der Waals surface area contributed by atoms with E-state index in [1.807, 2.05) is 36.4 Å². The lowest BCUT2D eigenvalue weighted by atomic mass is 9.89. The SMILES string of the molecule is Cc1ccc(C)c(-c2c(NS(C)(=O)=O)c3ccccc3c3ccccc23)c1. The van der Waals surface area contributed by atoms with Crippen LogP contribution in [0, 0.1) is 13.8 Å². The van der Waals surface area contributed by atoms with Gasteiger partial charge in [0.25, 0.3) is 0 Å². The van der Waals surface area contributed by atoms with Crippen LogP contribution in [0.3, 0.4) is 0 Å². The number of benzene rings is 4. The molecule has 0 aliphatic carbocycles. The first-order chi connectivity index (χ1) is 12.8. The molecule has 1 N–H and O–H groups in total. The van der Waals surface area contributed by atoms with Crippen molar-refractivity contribution in [1.82, 2.24) is 0 Å². The van der Waals surface area contributed by atoms with E-state index in [1.165, 1.54) is 6.26 Å². The Bertz CT molecular complexity index is 1290. The van der Waals surface area contributed by atoms with Crippen molar-refractivity contribution in [2.75, 3.05) is 11.0 Å². The zero-order valence-electron chi connectivity index (χ0n) is 15.6. The molecule has 0 saturated heterocycles. The summed E-state index contributed by atoms with van der Waals surface area (Å²) in [5.74, 6) is 0. The molecule has 4 heteroatoms. The van der Waals surface area contributed by atoms with Crippen molar-refractivity contribution in [3.8, 4) is 11.1 Å². The lowest BCUT2D eigenvalue weighted by Gasteiger charge is -2.20. The number of hydrogen-bond donors (Lipinski definition) is 1. The minimum absolute atomic E-state index is 0.639. The topological polar surface area (TPSA) is 46.2 Å². The second-order valence-corrected chi connectivity index (χ2v) is 8.78. The quantitative estimate of drug-likeness (QED) is 0.470. The van der Waals surface area contributed by atoms with Crippen LogP contribution < -0.4 is 4.72 Å². The highest BCUT2D eigenvalue weighted by atomic mass is 32.2. The first-order valence-corrected chi connectivity index (χ1v) is 10.7. The fourth-order valence-corrected chi connectivity index (χ4v) is 4.30. The Balaban J connectivity index is 2.27.